The topological polar surface area (TPSA) is 29.5 Å². The van der Waals surface area contributed by atoms with Crippen molar-refractivity contribution in [2.24, 2.45) is 17.8 Å². The molecule has 2 atom stereocenters. The fourth-order valence-corrected chi connectivity index (χ4v) is 3.75. The molecule has 3 heterocycles. The van der Waals surface area contributed by atoms with Gasteiger partial charge in [-0.05, 0) is 18.8 Å². The molecule has 3 saturated heterocycles. The number of hydrogen-bond donors (Lipinski definition) is 0. The lowest BCUT2D eigenvalue weighted by atomic mass is 9.66. The fourth-order valence-electron chi connectivity index (χ4n) is 3.75. The number of piperidine rings is 3. The van der Waals surface area contributed by atoms with Gasteiger partial charge in [-0.1, -0.05) is 0 Å². The van der Waals surface area contributed by atoms with Crippen LogP contribution >= 0.6 is 0 Å². The van der Waals surface area contributed by atoms with E-state index in [0.717, 1.165) is 19.0 Å². The van der Waals surface area contributed by atoms with E-state index in [1.807, 2.05) is 0 Å². The molecule has 3 nitrogen and oxygen atoms in total. The Labute approximate surface area is 84.4 Å². The molecule has 1 saturated carbocycles. The summed E-state index contributed by atoms with van der Waals surface area (Å²) in [6.45, 7) is 5.14. The summed E-state index contributed by atoms with van der Waals surface area (Å²) in [5, 5.41) is 0. The third-order valence-corrected chi connectivity index (χ3v) is 4.01. The van der Waals surface area contributed by atoms with Gasteiger partial charge in [-0.25, -0.2) is 0 Å². The Balaban J connectivity index is 1.77. The molecule has 2 unspecified atom stereocenters. The smallest absolute Gasteiger partial charge is 0.302 e. The quantitative estimate of drug-likeness (QED) is 0.582. The number of hydrogen-bond acceptors (Lipinski definition) is 3. The van der Waals surface area contributed by atoms with Crippen LogP contribution in [0, 0.1) is 17.8 Å². The molecule has 0 N–H and O–H groups in total. The van der Waals surface area contributed by atoms with Crippen molar-refractivity contribution in [3.05, 3.63) is 0 Å². The van der Waals surface area contributed by atoms with Gasteiger partial charge in [0.2, 0.25) is 0 Å². The zero-order chi connectivity index (χ0) is 9.71. The molecule has 4 rings (SSSR count). The van der Waals surface area contributed by atoms with Crippen molar-refractivity contribution in [1.29, 1.82) is 0 Å². The Morgan fingerprint density at radius 3 is 2.36 bits per heavy atom. The van der Waals surface area contributed by atoms with Crippen LogP contribution in [-0.4, -0.2) is 36.6 Å². The van der Waals surface area contributed by atoms with Gasteiger partial charge in [0.1, 0.15) is 6.10 Å². The lowest BCUT2D eigenvalue weighted by Gasteiger charge is -2.54. The van der Waals surface area contributed by atoms with Gasteiger partial charge in [0.15, 0.2) is 0 Å². The largest absolute Gasteiger partial charge is 0.462 e. The first-order valence-electron chi connectivity index (χ1n) is 5.62. The lowest BCUT2D eigenvalue weighted by Crippen LogP contribution is -2.60. The van der Waals surface area contributed by atoms with Crippen molar-refractivity contribution in [3.63, 3.8) is 0 Å². The molecular weight excluding hydrogens is 178 g/mol. The molecule has 1 aliphatic carbocycles. The molecule has 0 amide bonds. The minimum atomic E-state index is -0.0996. The van der Waals surface area contributed by atoms with Crippen LogP contribution in [0.4, 0.5) is 0 Å². The monoisotopic (exact) mass is 195 g/mol. The van der Waals surface area contributed by atoms with Crippen LogP contribution in [0.2, 0.25) is 0 Å². The van der Waals surface area contributed by atoms with E-state index in [1.54, 1.807) is 0 Å². The zero-order valence-corrected chi connectivity index (χ0v) is 8.61. The number of rotatable bonds is 1. The second kappa shape index (κ2) is 2.96. The SMILES string of the molecule is CC(=O)OC1C2CC3CC1CN(C3)C2. The van der Waals surface area contributed by atoms with Crippen LogP contribution in [-0.2, 0) is 9.53 Å². The molecule has 0 aromatic rings. The van der Waals surface area contributed by atoms with Gasteiger partial charge in [0.25, 0.3) is 0 Å². The summed E-state index contributed by atoms with van der Waals surface area (Å²) in [7, 11) is 0. The van der Waals surface area contributed by atoms with Crippen molar-refractivity contribution < 1.29 is 9.53 Å². The Bertz CT molecular complexity index is 236. The minimum absolute atomic E-state index is 0.0996. The molecule has 4 aliphatic rings. The molecule has 3 heteroatoms. The van der Waals surface area contributed by atoms with Gasteiger partial charge in [-0.15, -0.1) is 0 Å². The second-order valence-electron chi connectivity index (χ2n) is 5.15. The number of nitrogens with zero attached hydrogens (tertiary/aromatic N) is 1. The maximum absolute atomic E-state index is 11.0. The first kappa shape index (κ1) is 8.72. The van der Waals surface area contributed by atoms with Crippen molar-refractivity contribution in [3.8, 4) is 0 Å². The zero-order valence-electron chi connectivity index (χ0n) is 8.61. The number of esters is 1. The number of carbonyl (C=O) groups is 1. The first-order chi connectivity index (χ1) is 6.72. The average Bonchev–Trinajstić information content (AvgIpc) is 2.09. The van der Waals surface area contributed by atoms with Crippen LogP contribution < -0.4 is 0 Å². The van der Waals surface area contributed by atoms with Crippen molar-refractivity contribution in [2.45, 2.75) is 25.9 Å². The molecule has 78 valence electrons. The predicted molar refractivity (Wildman–Crippen MR) is 51.7 cm³/mol. The number of carbonyl (C=O) groups excluding carboxylic acids is 1. The standard InChI is InChI=1S/C11H17NO2/c1-7(13)14-11-9-2-8-3-10(11)6-12(4-8)5-9/h8-11H,2-6H2,1H3. The third kappa shape index (κ3) is 1.26. The highest BCUT2D eigenvalue weighted by Crippen LogP contribution is 2.44. The predicted octanol–water partition coefficient (Wildman–Crippen LogP) is 0.890. The molecule has 4 fully saturated rings. The maximum atomic E-state index is 11.0. The van der Waals surface area contributed by atoms with Crippen LogP contribution in [0.15, 0.2) is 0 Å². The van der Waals surface area contributed by atoms with E-state index < -0.39 is 0 Å². The summed E-state index contributed by atoms with van der Waals surface area (Å²) in [5.74, 6) is 2.05. The van der Waals surface area contributed by atoms with E-state index in [2.05, 4.69) is 4.90 Å². The summed E-state index contributed by atoms with van der Waals surface area (Å²) in [4.78, 5) is 13.5. The average molecular weight is 195 g/mol. The summed E-state index contributed by atoms with van der Waals surface area (Å²) in [6, 6.07) is 0. The third-order valence-electron chi connectivity index (χ3n) is 4.01. The fraction of sp³-hybridized carbons (Fsp3) is 0.909. The van der Waals surface area contributed by atoms with Gasteiger partial charge < -0.3 is 9.64 Å². The van der Waals surface area contributed by atoms with Crippen molar-refractivity contribution in [2.75, 3.05) is 19.6 Å². The van der Waals surface area contributed by atoms with Crippen molar-refractivity contribution >= 4 is 5.97 Å². The van der Waals surface area contributed by atoms with Gasteiger partial charge in [-0.3, -0.25) is 4.79 Å². The first-order valence-corrected chi connectivity index (χ1v) is 5.62. The Morgan fingerprint density at radius 2 is 1.86 bits per heavy atom. The van der Waals surface area contributed by atoms with Gasteiger partial charge in [-0.2, -0.15) is 0 Å². The highest BCUT2D eigenvalue weighted by atomic mass is 16.5. The summed E-state index contributed by atoms with van der Waals surface area (Å²) in [6.07, 6.45) is 2.80. The molecule has 0 spiro atoms. The van der Waals surface area contributed by atoms with Gasteiger partial charge in [0, 0.05) is 38.4 Å². The second-order valence-corrected chi connectivity index (χ2v) is 5.15. The molecule has 4 bridgehead atoms. The van der Waals surface area contributed by atoms with E-state index >= 15 is 0 Å². The highest BCUT2D eigenvalue weighted by Gasteiger charge is 2.48. The molecule has 0 aromatic carbocycles. The van der Waals surface area contributed by atoms with Crippen LogP contribution in [0.5, 0.6) is 0 Å². The van der Waals surface area contributed by atoms with Crippen LogP contribution in [0.1, 0.15) is 19.8 Å². The normalized spacial score (nSPS) is 49.4. The van der Waals surface area contributed by atoms with Gasteiger partial charge >= 0.3 is 5.97 Å². The van der Waals surface area contributed by atoms with Crippen molar-refractivity contribution in [1.82, 2.24) is 4.90 Å². The summed E-state index contributed by atoms with van der Waals surface area (Å²) in [5.41, 5.74) is 0. The molecule has 0 aromatic heterocycles. The van der Waals surface area contributed by atoms with Crippen LogP contribution in [0.3, 0.4) is 0 Å². The van der Waals surface area contributed by atoms with E-state index in [4.69, 9.17) is 4.74 Å². The van der Waals surface area contributed by atoms with E-state index in [9.17, 15) is 4.79 Å². The Hall–Kier alpha value is -0.570. The lowest BCUT2D eigenvalue weighted by molar-refractivity contribution is -0.171. The van der Waals surface area contributed by atoms with E-state index in [-0.39, 0.29) is 12.1 Å². The van der Waals surface area contributed by atoms with E-state index in [1.165, 1.54) is 26.3 Å². The van der Waals surface area contributed by atoms with Gasteiger partial charge in [0.05, 0.1) is 0 Å². The summed E-state index contributed by atoms with van der Waals surface area (Å²) < 4.78 is 5.46. The molecule has 3 aliphatic heterocycles. The van der Waals surface area contributed by atoms with E-state index in [0.29, 0.717) is 11.8 Å². The summed E-state index contributed by atoms with van der Waals surface area (Å²) >= 11 is 0. The Morgan fingerprint density at radius 1 is 1.21 bits per heavy atom. The molecule has 14 heavy (non-hydrogen) atoms. The maximum Gasteiger partial charge on any atom is 0.302 e. The molecule has 0 radical (unpaired) electrons. The minimum Gasteiger partial charge on any atom is -0.462 e. The highest BCUT2D eigenvalue weighted by molar-refractivity contribution is 5.66. The Kier molecular flexibility index (Phi) is 1.84. The van der Waals surface area contributed by atoms with Crippen LogP contribution in [0.25, 0.3) is 0 Å². The molecular formula is C11H17NO2. The number of ether oxygens (including phenoxy) is 1.